The summed E-state index contributed by atoms with van der Waals surface area (Å²) in [6.07, 6.45) is 0.243. The van der Waals surface area contributed by atoms with Crippen LogP contribution < -0.4 is 9.62 Å². The van der Waals surface area contributed by atoms with E-state index in [0.29, 0.717) is 10.7 Å². The second-order valence-electron chi connectivity index (χ2n) is 11.3. The van der Waals surface area contributed by atoms with E-state index in [-0.39, 0.29) is 29.8 Å². The summed E-state index contributed by atoms with van der Waals surface area (Å²) in [5.41, 5.74) is 3.86. The smallest absolute Gasteiger partial charge is 0.264 e. The number of halogens is 2. The number of carbonyl (C=O) groups is 2. The third-order valence-electron chi connectivity index (χ3n) is 7.40. The van der Waals surface area contributed by atoms with Crippen molar-refractivity contribution < 1.29 is 18.0 Å². The molecular formula is C35H37BrClN3O4S. The maximum atomic E-state index is 14.5. The summed E-state index contributed by atoms with van der Waals surface area (Å²) >= 11 is 9.57. The number of benzene rings is 4. The first-order valence-corrected chi connectivity index (χ1v) is 17.2. The molecule has 45 heavy (non-hydrogen) atoms. The quantitative estimate of drug-likeness (QED) is 0.170. The Kier molecular flexibility index (Phi) is 11.5. The third kappa shape index (κ3) is 8.96. The van der Waals surface area contributed by atoms with Crippen molar-refractivity contribution in [2.24, 2.45) is 0 Å². The highest BCUT2D eigenvalue weighted by molar-refractivity contribution is 9.10. The average Bonchev–Trinajstić information content (AvgIpc) is 2.99. The highest BCUT2D eigenvalue weighted by Gasteiger charge is 2.35. The molecule has 10 heteroatoms. The molecule has 0 radical (unpaired) electrons. The number of amides is 2. The number of rotatable bonds is 12. The molecule has 0 aliphatic rings. The van der Waals surface area contributed by atoms with E-state index >= 15 is 0 Å². The molecule has 4 aromatic carbocycles. The van der Waals surface area contributed by atoms with Crippen LogP contribution in [0.5, 0.6) is 0 Å². The number of nitrogens with zero attached hydrogens (tertiary/aromatic N) is 2. The number of aryl methyl sites for hydroxylation is 2. The Labute approximate surface area is 279 Å². The molecule has 0 spiro atoms. The number of sulfonamides is 1. The van der Waals surface area contributed by atoms with Crippen molar-refractivity contribution >= 4 is 55.1 Å². The lowest BCUT2D eigenvalue weighted by molar-refractivity contribution is -0.140. The molecule has 0 fully saturated rings. The van der Waals surface area contributed by atoms with E-state index in [9.17, 15) is 18.0 Å². The van der Waals surface area contributed by atoms with Gasteiger partial charge in [0.2, 0.25) is 11.8 Å². The molecule has 0 saturated carbocycles. The maximum Gasteiger partial charge on any atom is 0.264 e. The lowest BCUT2D eigenvalue weighted by Gasteiger charge is -2.34. The number of carbonyl (C=O) groups excluding carboxylic acids is 2. The first-order chi connectivity index (χ1) is 21.3. The van der Waals surface area contributed by atoms with Crippen LogP contribution in [-0.4, -0.2) is 43.8 Å². The zero-order valence-corrected chi connectivity index (χ0v) is 28.9. The predicted molar refractivity (Wildman–Crippen MR) is 184 cm³/mol. The van der Waals surface area contributed by atoms with Crippen LogP contribution >= 0.6 is 27.5 Å². The topological polar surface area (TPSA) is 86.8 Å². The molecule has 0 aromatic heterocycles. The fraction of sp³-hybridized carbons (Fsp3) is 0.257. The third-order valence-corrected chi connectivity index (χ3v) is 9.94. The van der Waals surface area contributed by atoms with E-state index in [2.05, 4.69) is 21.2 Å². The molecule has 0 unspecified atom stereocenters. The molecule has 4 aromatic rings. The Hall–Kier alpha value is -3.66. The standard InChI is InChI=1S/C35H37BrClN3O4S/c1-24(2)38-35(42)33(21-27-9-6-5-7-10-27)39(22-28-11-8-12-29(36)20-28)34(41)23-40(31-16-13-25(3)26(4)19-31)45(43,44)32-17-14-30(37)15-18-32/h5-20,24,33H,21-23H2,1-4H3,(H,38,42)/t33-/m0/s1. The van der Waals surface area contributed by atoms with Gasteiger partial charge in [-0.15, -0.1) is 0 Å². The molecule has 2 amide bonds. The van der Waals surface area contributed by atoms with Gasteiger partial charge >= 0.3 is 0 Å². The summed E-state index contributed by atoms with van der Waals surface area (Å²) in [7, 11) is -4.21. The second kappa shape index (κ2) is 15.1. The molecule has 0 bridgehead atoms. The number of anilines is 1. The van der Waals surface area contributed by atoms with Crippen LogP contribution in [0.25, 0.3) is 0 Å². The Bertz CT molecular complexity index is 1750. The van der Waals surface area contributed by atoms with Crippen LogP contribution in [0.2, 0.25) is 5.02 Å². The van der Waals surface area contributed by atoms with Crippen molar-refractivity contribution in [3.8, 4) is 0 Å². The molecule has 0 heterocycles. The molecule has 0 aliphatic heterocycles. The summed E-state index contributed by atoms with van der Waals surface area (Å²) in [6.45, 7) is 7.10. The Morgan fingerprint density at radius 3 is 2.13 bits per heavy atom. The number of nitrogens with one attached hydrogen (secondary N) is 1. The van der Waals surface area contributed by atoms with E-state index in [0.717, 1.165) is 31.0 Å². The molecule has 0 saturated heterocycles. The molecule has 0 aliphatic carbocycles. The van der Waals surface area contributed by atoms with Gasteiger partial charge in [-0.1, -0.05) is 76.1 Å². The second-order valence-corrected chi connectivity index (χ2v) is 14.5. The van der Waals surface area contributed by atoms with Crippen molar-refractivity contribution in [3.63, 3.8) is 0 Å². The molecule has 1 N–H and O–H groups in total. The minimum atomic E-state index is -4.21. The van der Waals surface area contributed by atoms with Gasteiger partial charge in [0.25, 0.3) is 10.0 Å². The van der Waals surface area contributed by atoms with Gasteiger partial charge in [0.15, 0.2) is 0 Å². The molecule has 7 nitrogen and oxygen atoms in total. The maximum absolute atomic E-state index is 14.5. The fourth-order valence-corrected chi connectivity index (χ4v) is 6.89. The summed E-state index contributed by atoms with van der Waals surface area (Å²) in [5, 5.41) is 3.36. The molecule has 236 valence electrons. The van der Waals surface area contributed by atoms with Gasteiger partial charge in [-0.3, -0.25) is 13.9 Å². The van der Waals surface area contributed by atoms with Crippen LogP contribution in [0, 0.1) is 13.8 Å². The van der Waals surface area contributed by atoms with Gasteiger partial charge < -0.3 is 10.2 Å². The summed E-state index contributed by atoms with van der Waals surface area (Å²) in [4.78, 5) is 29.8. The Morgan fingerprint density at radius 2 is 1.51 bits per heavy atom. The van der Waals surface area contributed by atoms with Crippen LogP contribution in [0.4, 0.5) is 5.69 Å². The number of hydrogen-bond acceptors (Lipinski definition) is 4. The zero-order chi connectivity index (χ0) is 32.7. The van der Waals surface area contributed by atoms with E-state index in [1.54, 1.807) is 12.1 Å². The van der Waals surface area contributed by atoms with E-state index in [1.165, 1.54) is 29.2 Å². The van der Waals surface area contributed by atoms with E-state index in [1.807, 2.05) is 88.4 Å². The zero-order valence-electron chi connectivity index (χ0n) is 25.7. The van der Waals surface area contributed by atoms with Gasteiger partial charge in [0, 0.05) is 28.5 Å². The highest BCUT2D eigenvalue weighted by atomic mass is 79.9. The van der Waals surface area contributed by atoms with Crippen molar-refractivity contribution in [1.82, 2.24) is 10.2 Å². The Morgan fingerprint density at radius 1 is 0.844 bits per heavy atom. The normalized spacial score (nSPS) is 12.1. The van der Waals surface area contributed by atoms with Gasteiger partial charge in [-0.05, 0) is 98.5 Å². The van der Waals surface area contributed by atoms with Crippen molar-refractivity contribution in [3.05, 3.63) is 129 Å². The average molecular weight is 711 g/mol. The lowest BCUT2D eigenvalue weighted by atomic mass is 10.0. The summed E-state index contributed by atoms with van der Waals surface area (Å²) in [6, 6.07) is 27.0. The highest BCUT2D eigenvalue weighted by Crippen LogP contribution is 2.28. The first-order valence-electron chi connectivity index (χ1n) is 14.6. The van der Waals surface area contributed by atoms with Crippen LogP contribution in [0.3, 0.4) is 0 Å². The minimum Gasteiger partial charge on any atom is -0.352 e. The monoisotopic (exact) mass is 709 g/mol. The molecule has 1 atom stereocenters. The van der Waals surface area contributed by atoms with Crippen LogP contribution in [0.15, 0.2) is 106 Å². The largest absolute Gasteiger partial charge is 0.352 e. The summed E-state index contributed by atoms with van der Waals surface area (Å²) < 4.78 is 30.3. The van der Waals surface area contributed by atoms with Crippen LogP contribution in [-0.2, 0) is 32.6 Å². The first kappa shape index (κ1) is 34.2. The van der Waals surface area contributed by atoms with Crippen molar-refractivity contribution in [2.45, 2.75) is 57.6 Å². The number of hydrogen-bond donors (Lipinski definition) is 1. The van der Waals surface area contributed by atoms with Crippen LogP contribution in [0.1, 0.15) is 36.1 Å². The van der Waals surface area contributed by atoms with Crippen molar-refractivity contribution in [1.29, 1.82) is 0 Å². The van der Waals surface area contributed by atoms with E-state index < -0.39 is 28.5 Å². The Balaban J connectivity index is 1.82. The predicted octanol–water partition coefficient (Wildman–Crippen LogP) is 7.08. The van der Waals surface area contributed by atoms with E-state index in [4.69, 9.17) is 11.6 Å². The van der Waals surface area contributed by atoms with Gasteiger partial charge in [-0.2, -0.15) is 0 Å². The van der Waals surface area contributed by atoms with Gasteiger partial charge in [0.1, 0.15) is 12.6 Å². The van der Waals surface area contributed by atoms with Gasteiger partial charge in [0.05, 0.1) is 10.6 Å². The lowest BCUT2D eigenvalue weighted by Crippen LogP contribution is -2.54. The fourth-order valence-electron chi connectivity index (χ4n) is 4.91. The molecule has 4 rings (SSSR count). The van der Waals surface area contributed by atoms with Crippen molar-refractivity contribution in [2.75, 3.05) is 10.8 Å². The minimum absolute atomic E-state index is 0.00476. The SMILES string of the molecule is Cc1ccc(N(CC(=O)N(Cc2cccc(Br)c2)[C@@H](Cc2ccccc2)C(=O)NC(C)C)S(=O)(=O)c2ccc(Cl)cc2)cc1C. The summed E-state index contributed by atoms with van der Waals surface area (Å²) in [5.74, 6) is -0.846. The molecular weight excluding hydrogens is 674 g/mol. The van der Waals surface area contributed by atoms with Gasteiger partial charge in [-0.25, -0.2) is 8.42 Å².